The highest BCUT2D eigenvalue weighted by Crippen LogP contribution is 2.33. The predicted molar refractivity (Wildman–Crippen MR) is 209 cm³/mol. The predicted octanol–water partition coefficient (Wildman–Crippen LogP) is 8.10. The highest BCUT2D eigenvalue weighted by molar-refractivity contribution is 6.30. The molecule has 54 heavy (non-hydrogen) atoms. The molecule has 0 bridgehead atoms. The second-order valence-electron chi connectivity index (χ2n) is 14.0. The maximum absolute atomic E-state index is 12.9. The number of Topliss-reactive ketones (excluding diaryl/α,β-unsaturated/α-hetero) is 2. The fourth-order valence-electron chi connectivity index (χ4n) is 7.13. The monoisotopic (exact) mass is 754 g/mol. The van der Waals surface area contributed by atoms with Gasteiger partial charge in [-0.2, -0.15) is 0 Å². The van der Waals surface area contributed by atoms with Gasteiger partial charge in [-0.3, -0.25) is 19.1 Å². The number of imidazole rings is 1. The fourth-order valence-corrected chi connectivity index (χ4v) is 7.25. The van der Waals surface area contributed by atoms with Gasteiger partial charge in [-0.05, 0) is 117 Å². The van der Waals surface area contributed by atoms with Gasteiger partial charge in [-0.1, -0.05) is 41.9 Å². The number of aliphatic hydroxyl groups is 1. The summed E-state index contributed by atoms with van der Waals surface area (Å²) in [5, 5.41) is 11.5. The van der Waals surface area contributed by atoms with E-state index in [0.717, 1.165) is 80.8 Å². The van der Waals surface area contributed by atoms with E-state index in [9.17, 15) is 28.3 Å². The number of rotatable bonds is 12. The number of aromatic nitrogens is 2. The van der Waals surface area contributed by atoms with Crippen LogP contribution in [0.15, 0.2) is 108 Å². The van der Waals surface area contributed by atoms with Gasteiger partial charge in [0.25, 0.3) is 0 Å². The van der Waals surface area contributed by atoms with E-state index >= 15 is 0 Å². The molecule has 0 atom stereocenters. The molecule has 282 valence electrons. The molecule has 11 heteroatoms. The molecule has 0 spiro atoms. The Balaban J connectivity index is 0.000000185. The number of nitrogens with zero attached hydrogens (tertiary/aromatic N) is 3. The smallest absolute Gasteiger partial charge is 0.330 e. The van der Waals surface area contributed by atoms with Crippen LogP contribution in [-0.4, -0.2) is 75.3 Å². The molecule has 4 aromatic carbocycles. The lowest BCUT2D eigenvalue weighted by Gasteiger charge is -2.38. The van der Waals surface area contributed by atoms with E-state index in [4.69, 9.17) is 11.6 Å². The van der Waals surface area contributed by atoms with Crippen LogP contribution in [0, 0.1) is 11.6 Å². The maximum atomic E-state index is 12.9. The number of carbonyl (C=O) groups is 2. The number of H-pyrrole nitrogens is 1. The molecule has 1 fully saturated rings. The number of likely N-dealkylation sites (tertiary alicyclic amines) is 1. The molecule has 7 rings (SSSR count). The zero-order valence-corrected chi connectivity index (χ0v) is 30.9. The van der Waals surface area contributed by atoms with Gasteiger partial charge in [-0.15, -0.1) is 0 Å². The Morgan fingerprint density at radius 1 is 0.741 bits per heavy atom. The molecule has 2 aliphatic rings. The molecule has 2 N–H and O–H groups in total. The standard InChI is InChI=1S/C22H22FN3O2.C21H23ClFNO2/c23-17-9-7-16(8-10-17)21(27)6-3-13-25-14-11-18(12-15-25)26-20-5-2-1-4-19(20)24-22(26)28;22-18-7-5-17(6-8-18)21(26)11-14-24(15-12-21)13-1-2-20(25)16-3-9-19(23)10-4-16/h1-2,4-5,7-11H,3,6,12-15H2,(H,24,28);3-10,26H,1-2,11-15H2. The van der Waals surface area contributed by atoms with E-state index in [-0.39, 0.29) is 28.9 Å². The van der Waals surface area contributed by atoms with Crippen LogP contribution >= 0.6 is 11.6 Å². The largest absolute Gasteiger partial charge is 0.385 e. The Labute approximate surface area is 318 Å². The van der Waals surface area contributed by atoms with Crippen molar-refractivity contribution < 1.29 is 23.5 Å². The van der Waals surface area contributed by atoms with E-state index in [1.54, 1.807) is 4.57 Å². The number of piperidine rings is 1. The van der Waals surface area contributed by atoms with E-state index in [2.05, 4.69) is 20.9 Å². The Hall–Kier alpha value is -4.74. The minimum absolute atomic E-state index is 0.0404. The Kier molecular flexibility index (Phi) is 13.0. The lowest BCUT2D eigenvalue weighted by molar-refractivity contribution is -0.0260. The van der Waals surface area contributed by atoms with Gasteiger partial charge >= 0.3 is 5.69 Å². The van der Waals surface area contributed by atoms with Crippen molar-refractivity contribution in [3.05, 3.63) is 147 Å². The minimum Gasteiger partial charge on any atom is -0.385 e. The SMILES string of the molecule is O=C(CCCN1CC=C(n2c(=O)[nH]c3ccccc32)CC1)c1ccc(F)cc1.O=C(CCCN1CCC(O)(c2ccc(Cl)cc2)CC1)c1ccc(F)cc1. The molecule has 0 radical (unpaired) electrons. The summed E-state index contributed by atoms with van der Waals surface area (Å²) in [6.45, 7) is 4.84. The van der Waals surface area contributed by atoms with Crippen molar-refractivity contribution in [3.8, 4) is 0 Å². The van der Waals surface area contributed by atoms with Gasteiger partial charge in [-0.25, -0.2) is 13.6 Å². The van der Waals surface area contributed by atoms with Gasteiger partial charge in [0.1, 0.15) is 11.6 Å². The van der Waals surface area contributed by atoms with E-state index in [1.807, 2.05) is 48.5 Å². The molecule has 0 unspecified atom stereocenters. The second kappa shape index (κ2) is 18.1. The summed E-state index contributed by atoms with van der Waals surface area (Å²) in [4.78, 5) is 44.1. The van der Waals surface area contributed by atoms with Crippen LogP contribution in [0.3, 0.4) is 0 Å². The van der Waals surface area contributed by atoms with Gasteiger partial charge in [0.15, 0.2) is 11.6 Å². The molecular formula is C43H45ClF2N4O4. The number of carbonyl (C=O) groups excluding carboxylic acids is 2. The third-order valence-electron chi connectivity index (χ3n) is 10.3. The van der Waals surface area contributed by atoms with E-state index < -0.39 is 5.60 Å². The molecule has 8 nitrogen and oxygen atoms in total. The number of benzene rings is 4. The average molecular weight is 755 g/mol. The zero-order valence-electron chi connectivity index (χ0n) is 30.2. The van der Waals surface area contributed by atoms with Crippen LogP contribution in [-0.2, 0) is 5.60 Å². The Bertz CT molecular complexity index is 2120. The first-order valence-corrected chi connectivity index (χ1v) is 18.9. The number of ketones is 2. The summed E-state index contributed by atoms with van der Waals surface area (Å²) in [6.07, 6.45) is 6.62. The van der Waals surface area contributed by atoms with E-state index in [0.29, 0.717) is 41.8 Å². The van der Waals surface area contributed by atoms with Gasteiger partial charge in [0, 0.05) is 67.3 Å². The zero-order chi connectivity index (χ0) is 38.1. The number of hydrogen-bond donors (Lipinski definition) is 2. The number of halogens is 3. The average Bonchev–Trinajstić information content (AvgIpc) is 3.52. The quantitative estimate of drug-likeness (QED) is 0.125. The highest BCUT2D eigenvalue weighted by atomic mass is 35.5. The first-order chi connectivity index (χ1) is 26.1. The van der Waals surface area contributed by atoms with Gasteiger partial charge in [0.2, 0.25) is 0 Å². The van der Waals surface area contributed by atoms with Crippen molar-refractivity contribution in [2.45, 2.75) is 50.5 Å². The van der Waals surface area contributed by atoms with Crippen LogP contribution in [0.1, 0.15) is 71.2 Å². The molecule has 1 aromatic heterocycles. The normalized spacial score (nSPS) is 16.0. The van der Waals surface area contributed by atoms with Crippen molar-refractivity contribution in [2.75, 3.05) is 39.3 Å². The molecule has 0 saturated carbocycles. The van der Waals surface area contributed by atoms with Crippen LogP contribution < -0.4 is 5.69 Å². The summed E-state index contributed by atoms with van der Waals surface area (Å²) in [6, 6.07) is 26.5. The summed E-state index contributed by atoms with van der Waals surface area (Å²) in [5.41, 5.74) is 3.88. The second-order valence-corrected chi connectivity index (χ2v) is 14.4. The van der Waals surface area contributed by atoms with Crippen molar-refractivity contribution in [3.63, 3.8) is 0 Å². The first kappa shape index (κ1) is 39.0. The Morgan fingerprint density at radius 2 is 1.30 bits per heavy atom. The van der Waals surface area contributed by atoms with Gasteiger partial charge < -0.3 is 15.0 Å². The molecule has 5 aromatic rings. The van der Waals surface area contributed by atoms with Crippen molar-refractivity contribution in [1.82, 2.24) is 19.4 Å². The first-order valence-electron chi connectivity index (χ1n) is 18.5. The Morgan fingerprint density at radius 3 is 1.85 bits per heavy atom. The number of nitrogens with one attached hydrogen (secondary N) is 1. The number of hydrogen-bond acceptors (Lipinski definition) is 6. The molecule has 0 aliphatic carbocycles. The minimum atomic E-state index is -0.801. The summed E-state index contributed by atoms with van der Waals surface area (Å²) in [7, 11) is 0. The van der Waals surface area contributed by atoms with Crippen molar-refractivity contribution in [1.29, 1.82) is 0 Å². The van der Waals surface area contributed by atoms with Crippen LogP contribution in [0.5, 0.6) is 0 Å². The molecular weight excluding hydrogens is 710 g/mol. The van der Waals surface area contributed by atoms with Crippen molar-refractivity contribution >= 4 is 39.9 Å². The third kappa shape index (κ3) is 10.1. The summed E-state index contributed by atoms with van der Waals surface area (Å²) < 4.78 is 27.6. The lowest BCUT2D eigenvalue weighted by atomic mass is 9.84. The highest BCUT2D eigenvalue weighted by Gasteiger charge is 2.33. The van der Waals surface area contributed by atoms with Crippen LogP contribution in [0.2, 0.25) is 5.02 Å². The van der Waals surface area contributed by atoms with Crippen molar-refractivity contribution in [2.24, 2.45) is 0 Å². The molecule has 1 saturated heterocycles. The maximum Gasteiger partial charge on any atom is 0.330 e. The number of para-hydroxylation sites is 2. The fraction of sp³-hybridized carbons (Fsp3) is 0.326. The number of aromatic amines is 1. The summed E-state index contributed by atoms with van der Waals surface area (Å²) >= 11 is 5.92. The lowest BCUT2D eigenvalue weighted by Crippen LogP contribution is -2.42. The molecule has 3 heterocycles. The van der Waals surface area contributed by atoms with Gasteiger partial charge in [0.05, 0.1) is 16.6 Å². The summed E-state index contributed by atoms with van der Waals surface area (Å²) in [5.74, 6) is -0.580. The van der Waals surface area contributed by atoms with Crippen LogP contribution in [0.4, 0.5) is 8.78 Å². The third-order valence-corrected chi connectivity index (χ3v) is 10.6. The molecule has 0 amide bonds. The topological polar surface area (TPSA) is 98.6 Å². The van der Waals surface area contributed by atoms with E-state index in [1.165, 1.54) is 48.5 Å². The molecule has 2 aliphatic heterocycles. The number of fused-ring (bicyclic) bond motifs is 1. The van der Waals surface area contributed by atoms with Crippen LogP contribution in [0.25, 0.3) is 16.7 Å².